The highest BCUT2D eigenvalue weighted by atomic mass is 16.6. The summed E-state index contributed by atoms with van der Waals surface area (Å²) < 4.78 is 18.6. The summed E-state index contributed by atoms with van der Waals surface area (Å²) in [5.41, 5.74) is 2.74. The molecular weight excluding hydrogens is 516 g/mol. The largest absolute Gasteiger partial charge is 0.452 e. The number of benzene rings is 4. The summed E-state index contributed by atoms with van der Waals surface area (Å²) in [6.45, 7) is 0. The quantitative estimate of drug-likeness (QED) is 0.294. The van der Waals surface area contributed by atoms with Gasteiger partial charge in [-0.3, -0.25) is 4.79 Å². The zero-order chi connectivity index (χ0) is 27.9. The van der Waals surface area contributed by atoms with Gasteiger partial charge < -0.3 is 14.2 Å². The predicted octanol–water partition coefficient (Wildman–Crippen LogP) is 5.60. The van der Waals surface area contributed by atoms with Crippen molar-refractivity contribution in [2.75, 3.05) is 0 Å². The van der Waals surface area contributed by atoms with Gasteiger partial charge in [0, 0.05) is 11.8 Å². The van der Waals surface area contributed by atoms with Crippen molar-refractivity contribution in [2.45, 2.75) is 36.3 Å². The zero-order valence-corrected chi connectivity index (χ0v) is 22.1. The first kappa shape index (κ1) is 25.4. The normalized spacial score (nSPS) is 29.6. The van der Waals surface area contributed by atoms with Gasteiger partial charge in [0.25, 0.3) is 0 Å². The second-order valence-corrected chi connectivity index (χ2v) is 10.9. The summed E-state index contributed by atoms with van der Waals surface area (Å²) >= 11 is 0. The molecule has 6 heteroatoms. The van der Waals surface area contributed by atoms with Gasteiger partial charge in [0.2, 0.25) is 0 Å². The number of carbonyl (C=O) groups is 3. The summed E-state index contributed by atoms with van der Waals surface area (Å²) in [5, 5.41) is 0. The van der Waals surface area contributed by atoms with Gasteiger partial charge in [0.15, 0.2) is 12.2 Å². The average Bonchev–Trinajstić information content (AvgIpc) is 3.67. The van der Waals surface area contributed by atoms with Crippen molar-refractivity contribution in [2.24, 2.45) is 11.8 Å². The minimum Gasteiger partial charge on any atom is -0.452 e. The number of hydrogen-bond acceptors (Lipinski definition) is 6. The maximum absolute atomic E-state index is 14.3. The van der Waals surface area contributed by atoms with Gasteiger partial charge in [0.1, 0.15) is 18.0 Å². The van der Waals surface area contributed by atoms with Crippen LogP contribution in [0.5, 0.6) is 0 Å². The molecule has 4 aromatic carbocycles. The van der Waals surface area contributed by atoms with E-state index < -0.39 is 48.2 Å². The molecule has 3 aliphatic rings. The van der Waals surface area contributed by atoms with E-state index in [1.807, 2.05) is 72.8 Å². The molecule has 2 bridgehead atoms. The molecule has 0 radical (unpaired) electrons. The topological polar surface area (TPSA) is 78.9 Å². The highest BCUT2D eigenvalue weighted by Gasteiger charge is 2.71. The van der Waals surface area contributed by atoms with Crippen LogP contribution in [0.15, 0.2) is 121 Å². The lowest BCUT2D eigenvalue weighted by Crippen LogP contribution is -2.51. The molecule has 0 aromatic heterocycles. The standard InChI is InChI=1S/C35H28O6/c36-29-26(22-15-7-2-8-16-22)25(21-13-5-1-6-14-21)27-28(29)31-33(41-35(38)24-19-11-4-12-20-24)32(30(27)39-31)40-34(37)23-17-9-3-10-18-23/h1-20,25-28,30-33H. The van der Waals surface area contributed by atoms with Gasteiger partial charge in [-0.15, -0.1) is 0 Å². The number of ketones is 1. The lowest BCUT2D eigenvalue weighted by Gasteiger charge is -2.35. The van der Waals surface area contributed by atoms with Crippen molar-refractivity contribution in [1.29, 1.82) is 0 Å². The highest BCUT2D eigenvalue weighted by molar-refractivity contribution is 5.94. The zero-order valence-electron chi connectivity index (χ0n) is 22.1. The molecule has 4 aromatic rings. The van der Waals surface area contributed by atoms with Crippen molar-refractivity contribution >= 4 is 17.7 Å². The molecule has 41 heavy (non-hydrogen) atoms. The molecule has 7 rings (SSSR count). The van der Waals surface area contributed by atoms with E-state index in [0.717, 1.165) is 11.1 Å². The van der Waals surface area contributed by atoms with Crippen molar-refractivity contribution in [1.82, 2.24) is 0 Å². The van der Waals surface area contributed by atoms with E-state index in [9.17, 15) is 14.4 Å². The van der Waals surface area contributed by atoms with Gasteiger partial charge in [0.05, 0.1) is 23.0 Å². The minimum atomic E-state index is -0.920. The second kappa shape index (κ2) is 10.5. The van der Waals surface area contributed by atoms with E-state index in [1.165, 1.54) is 0 Å². The van der Waals surface area contributed by atoms with Crippen LogP contribution in [-0.2, 0) is 19.0 Å². The van der Waals surface area contributed by atoms with Gasteiger partial charge in [-0.05, 0) is 35.4 Å². The number of esters is 2. The number of ether oxygens (including phenoxy) is 3. The van der Waals surface area contributed by atoms with Crippen molar-refractivity contribution in [3.63, 3.8) is 0 Å². The van der Waals surface area contributed by atoms with Crippen LogP contribution in [0.4, 0.5) is 0 Å². The van der Waals surface area contributed by atoms with E-state index in [4.69, 9.17) is 14.2 Å². The Morgan fingerprint density at radius 1 is 0.537 bits per heavy atom. The molecule has 1 aliphatic carbocycles. The van der Waals surface area contributed by atoms with Crippen LogP contribution in [0.25, 0.3) is 0 Å². The Kier molecular flexibility index (Phi) is 6.48. The molecule has 2 heterocycles. The van der Waals surface area contributed by atoms with Crippen LogP contribution >= 0.6 is 0 Å². The van der Waals surface area contributed by atoms with Crippen molar-refractivity contribution in [3.05, 3.63) is 144 Å². The lowest BCUT2D eigenvalue weighted by atomic mass is 9.72. The third-order valence-corrected chi connectivity index (χ3v) is 8.69. The summed E-state index contributed by atoms with van der Waals surface area (Å²) in [7, 11) is 0. The molecule has 0 amide bonds. The molecule has 6 nitrogen and oxygen atoms in total. The van der Waals surface area contributed by atoms with Gasteiger partial charge in [-0.1, -0.05) is 97.1 Å². The first-order valence-corrected chi connectivity index (χ1v) is 13.9. The fourth-order valence-electron chi connectivity index (χ4n) is 7.04. The van der Waals surface area contributed by atoms with Crippen molar-refractivity contribution in [3.8, 4) is 0 Å². The third-order valence-electron chi connectivity index (χ3n) is 8.69. The van der Waals surface area contributed by atoms with Crippen molar-refractivity contribution < 1.29 is 28.6 Å². The average molecular weight is 545 g/mol. The molecule has 0 spiro atoms. The number of Topliss-reactive ketones (excluding diaryl/α,β-unsaturated/α-hetero) is 1. The summed E-state index contributed by atoms with van der Waals surface area (Å²) in [6, 6.07) is 37.2. The first-order chi connectivity index (χ1) is 20.1. The fourth-order valence-corrected chi connectivity index (χ4v) is 7.04. The van der Waals surface area contributed by atoms with Crippen LogP contribution < -0.4 is 0 Å². The Morgan fingerprint density at radius 3 is 1.49 bits per heavy atom. The SMILES string of the molecule is O=C(OC1C(OC(=O)c2ccccc2)C2OC1C1C(=O)C(c3ccccc3)C(c3ccccc3)C21)c1ccccc1. The Hall–Kier alpha value is -4.55. The molecule has 8 atom stereocenters. The summed E-state index contributed by atoms with van der Waals surface area (Å²) in [5.74, 6) is -2.34. The van der Waals surface area contributed by atoms with Crippen LogP contribution in [-0.4, -0.2) is 42.1 Å². The number of carbonyl (C=O) groups excluding carboxylic acids is 3. The Morgan fingerprint density at radius 2 is 0.976 bits per heavy atom. The monoisotopic (exact) mass is 544 g/mol. The summed E-state index contributed by atoms with van der Waals surface area (Å²) in [4.78, 5) is 40.8. The Bertz CT molecular complexity index is 1560. The number of fused-ring (bicyclic) bond motifs is 5. The van der Waals surface area contributed by atoms with Gasteiger partial charge >= 0.3 is 11.9 Å². The van der Waals surface area contributed by atoms with Crippen LogP contribution in [0, 0.1) is 11.8 Å². The number of rotatable bonds is 6. The molecule has 0 N–H and O–H groups in total. The predicted molar refractivity (Wildman–Crippen MR) is 150 cm³/mol. The lowest BCUT2D eigenvalue weighted by molar-refractivity contribution is -0.126. The molecule has 2 saturated heterocycles. The van der Waals surface area contributed by atoms with E-state index >= 15 is 0 Å². The number of hydrogen-bond donors (Lipinski definition) is 0. The van der Waals surface area contributed by atoms with Crippen LogP contribution in [0.1, 0.15) is 43.7 Å². The van der Waals surface area contributed by atoms with Gasteiger partial charge in [-0.25, -0.2) is 9.59 Å². The first-order valence-electron chi connectivity index (χ1n) is 13.9. The third kappa shape index (κ3) is 4.35. The van der Waals surface area contributed by atoms with E-state index in [-0.39, 0.29) is 17.6 Å². The molecule has 8 unspecified atom stereocenters. The second-order valence-electron chi connectivity index (χ2n) is 10.9. The molecule has 3 fully saturated rings. The van der Waals surface area contributed by atoms with E-state index in [2.05, 4.69) is 0 Å². The maximum Gasteiger partial charge on any atom is 0.338 e. The molecule has 2 aliphatic heterocycles. The summed E-state index contributed by atoms with van der Waals surface area (Å²) in [6.07, 6.45) is -3.13. The van der Waals surface area contributed by atoms with Crippen LogP contribution in [0.2, 0.25) is 0 Å². The Labute approximate surface area is 237 Å². The molecule has 1 saturated carbocycles. The molecular formula is C35H28O6. The fraction of sp³-hybridized carbons (Fsp3) is 0.229. The molecule has 204 valence electrons. The Balaban J connectivity index is 1.28. The van der Waals surface area contributed by atoms with Gasteiger partial charge in [-0.2, -0.15) is 0 Å². The van der Waals surface area contributed by atoms with E-state index in [0.29, 0.717) is 11.1 Å². The smallest absolute Gasteiger partial charge is 0.338 e. The highest BCUT2D eigenvalue weighted by Crippen LogP contribution is 2.61. The van der Waals surface area contributed by atoms with E-state index in [1.54, 1.807) is 48.5 Å². The maximum atomic E-state index is 14.3. The van der Waals surface area contributed by atoms with Crippen LogP contribution in [0.3, 0.4) is 0 Å². The minimum absolute atomic E-state index is 0.0659.